The Morgan fingerprint density at radius 2 is 1.58 bits per heavy atom. The first kappa shape index (κ1) is 20.3. The summed E-state index contributed by atoms with van der Waals surface area (Å²) in [7, 11) is 0. The fourth-order valence-corrected chi connectivity index (χ4v) is 3.41. The summed E-state index contributed by atoms with van der Waals surface area (Å²) >= 11 is 0. The van der Waals surface area contributed by atoms with Crippen molar-refractivity contribution in [2.45, 2.75) is 26.5 Å². The van der Waals surface area contributed by atoms with E-state index in [4.69, 9.17) is 4.74 Å². The van der Waals surface area contributed by atoms with Crippen LogP contribution in [0.15, 0.2) is 84.8 Å². The largest absolute Gasteiger partial charge is 0.491 e. The molecule has 2 aromatic carbocycles. The number of pyridine rings is 1. The zero-order valence-corrected chi connectivity index (χ0v) is 17.4. The lowest BCUT2D eigenvalue weighted by Gasteiger charge is -2.15. The van der Waals surface area contributed by atoms with Crippen molar-refractivity contribution in [3.05, 3.63) is 95.9 Å². The third kappa shape index (κ3) is 4.48. The minimum Gasteiger partial charge on any atom is -0.491 e. The summed E-state index contributed by atoms with van der Waals surface area (Å²) in [6.45, 7) is 4.11. The minimum atomic E-state index is -0.358. The first-order chi connectivity index (χ1) is 15.0. The number of hydrogen-bond acceptors (Lipinski definition) is 5. The van der Waals surface area contributed by atoms with Gasteiger partial charge in [-0.25, -0.2) is 0 Å². The molecule has 0 saturated carbocycles. The van der Waals surface area contributed by atoms with Gasteiger partial charge in [-0.1, -0.05) is 30.3 Å². The van der Waals surface area contributed by atoms with E-state index in [2.05, 4.69) is 10.3 Å². The molecule has 0 spiro atoms. The van der Waals surface area contributed by atoms with Crippen LogP contribution in [0.1, 0.15) is 25.0 Å². The molecule has 1 aliphatic rings. The number of nitrogens with zero attached hydrogens (tertiary/aromatic N) is 2. The van der Waals surface area contributed by atoms with Crippen molar-refractivity contribution in [3.63, 3.8) is 0 Å². The third-order valence-electron chi connectivity index (χ3n) is 4.82. The fraction of sp³-hybridized carbons (Fsp3) is 0.160. The highest BCUT2D eigenvalue weighted by molar-refractivity contribution is 6.36. The molecule has 1 N–H and O–H groups in total. The van der Waals surface area contributed by atoms with Gasteiger partial charge in [-0.05, 0) is 61.4 Å². The smallest absolute Gasteiger partial charge is 0.278 e. The van der Waals surface area contributed by atoms with E-state index in [-0.39, 0.29) is 30.2 Å². The number of hydrogen-bond donors (Lipinski definition) is 1. The van der Waals surface area contributed by atoms with Gasteiger partial charge in [-0.15, -0.1) is 0 Å². The number of ether oxygens (including phenoxy) is 1. The van der Waals surface area contributed by atoms with Crippen LogP contribution in [-0.2, 0) is 16.1 Å². The van der Waals surface area contributed by atoms with Crippen molar-refractivity contribution >= 4 is 23.1 Å². The topological polar surface area (TPSA) is 71.5 Å². The first-order valence-corrected chi connectivity index (χ1v) is 10.1. The molecule has 31 heavy (non-hydrogen) atoms. The lowest BCUT2D eigenvalue weighted by atomic mass is 10.0. The van der Waals surface area contributed by atoms with Crippen LogP contribution >= 0.6 is 0 Å². The van der Waals surface area contributed by atoms with Crippen LogP contribution in [0.5, 0.6) is 5.75 Å². The van der Waals surface area contributed by atoms with Gasteiger partial charge in [0.25, 0.3) is 11.8 Å². The highest BCUT2D eigenvalue weighted by Crippen LogP contribution is 2.31. The van der Waals surface area contributed by atoms with Crippen molar-refractivity contribution in [2.24, 2.45) is 0 Å². The molecular weight excluding hydrogens is 390 g/mol. The van der Waals surface area contributed by atoms with Crippen LogP contribution in [0, 0.1) is 0 Å². The van der Waals surface area contributed by atoms with Crippen molar-refractivity contribution in [1.29, 1.82) is 0 Å². The molecule has 0 fully saturated rings. The molecule has 0 saturated heterocycles. The van der Waals surface area contributed by atoms with Crippen LogP contribution in [-0.4, -0.2) is 27.8 Å². The molecular formula is C25H23N3O3. The molecule has 4 rings (SSSR count). The van der Waals surface area contributed by atoms with Crippen LogP contribution in [0.25, 0.3) is 5.57 Å². The van der Waals surface area contributed by atoms with Gasteiger partial charge in [0.15, 0.2) is 0 Å². The highest BCUT2D eigenvalue weighted by Gasteiger charge is 2.39. The van der Waals surface area contributed by atoms with Crippen molar-refractivity contribution in [3.8, 4) is 5.75 Å². The number of anilines is 1. The molecule has 2 heterocycles. The van der Waals surface area contributed by atoms with Gasteiger partial charge >= 0.3 is 0 Å². The summed E-state index contributed by atoms with van der Waals surface area (Å²) in [5.41, 5.74) is 2.86. The Kier molecular flexibility index (Phi) is 5.80. The maximum absolute atomic E-state index is 13.3. The Hall–Kier alpha value is -3.93. The number of amides is 2. The van der Waals surface area contributed by atoms with Crippen molar-refractivity contribution in [2.75, 3.05) is 5.32 Å². The Labute approximate surface area is 181 Å². The summed E-state index contributed by atoms with van der Waals surface area (Å²) in [5.74, 6) is 0.0596. The van der Waals surface area contributed by atoms with Gasteiger partial charge in [-0.3, -0.25) is 19.5 Å². The number of carbonyl (C=O) groups excluding carboxylic acids is 2. The van der Waals surface area contributed by atoms with Gasteiger partial charge in [0.05, 0.1) is 18.2 Å². The third-order valence-corrected chi connectivity index (χ3v) is 4.82. The van der Waals surface area contributed by atoms with Crippen molar-refractivity contribution in [1.82, 2.24) is 9.88 Å². The predicted molar refractivity (Wildman–Crippen MR) is 119 cm³/mol. The maximum atomic E-state index is 13.3. The highest BCUT2D eigenvalue weighted by atomic mass is 16.5. The van der Waals surface area contributed by atoms with Gasteiger partial charge in [0, 0.05) is 18.1 Å². The van der Waals surface area contributed by atoms with Gasteiger partial charge in [-0.2, -0.15) is 0 Å². The lowest BCUT2D eigenvalue weighted by Crippen LogP contribution is -2.32. The van der Waals surface area contributed by atoms with Gasteiger partial charge < -0.3 is 10.1 Å². The molecule has 6 heteroatoms. The average Bonchev–Trinajstić information content (AvgIpc) is 3.00. The summed E-state index contributed by atoms with van der Waals surface area (Å²) < 4.78 is 5.68. The van der Waals surface area contributed by atoms with E-state index in [1.807, 2.05) is 68.4 Å². The molecule has 0 aliphatic carbocycles. The predicted octanol–water partition coefficient (Wildman–Crippen LogP) is 4.26. The molecule has 1 aromatic heterocycles. The SMILES string of the molecule is CC(C)Oc1ccc(NC2=C(c3ccccc3)C(=O)N(Cc3ccncc3)C2=O)cc1. The molecule has 1 aliphatic heterocycles. The van der Waals surface area contributed by atoms with E-state index < -0.39 is 0 Å². The van der Waals surface area contributed by atoms with Crippen LogP contribution in [0.3, 0.4) is 0 Å². The molecule has 0 atom stereocenters. The van der Waals surface area contributed by atoms with E-state index in [1.54, 1.807) is 24.5 Å². The van der Waals surface area contributed by atoms with E-state index >= 15 is 0 Å². The second kappa shape index (κ2) is 8.83. The summed E-state index contributed by atoms with van der Waals surface area (Å²) in [6.07, 6.45) is 3.36. The zero-order valence-electron chi connectivity index (χ0n) is 17.4. The average molecular weight is 413 g/mol. The Bertz CT molecular complexity index is 1110. The van der Waals surface area contributed by atoms with E-state index in [0.29, 0.717) is 16.8 Å². The summed E-state index contributed by atoms with van der Waals surface area (Å²) in [5, 5.41) is 3.17. The fourth-order valence-electron chi connectivity index (χ4n) is 3.41. The summed E-state index contributed by atoms with van der Waals surface area (Å²) in [6, 6.07) is 20.1. The van der Waals surface area contributed by atoms with Gasteiger partial charge in [0.2, 0.25) is 0 Å². The number of benzene rings is 2. The van der Waals surface area contributed by atoms with Gasteiger partial charge in [0.1, 0.15) is 11.4 Å². The summed E-state index contributed by atoms with van der Waals surface area (Å²) in [4.78, 5) is 31.8. The standard InChI is InChI=1S/C25H23N3O3/c1-17(2)31-21-10-8-20(9-11-21)27-23-22(19-6-4-3-5-7-19)24(29)28(25(23)30)16-18-12-14-26-15-13-18/h3-15,17,27H,16H2,1-2H3. The Balaban J connectivity index is 1.66. The molecule has 6 nitrogen and oxygen atoms in total. The molecule has 2 amide bonds. The van der Waals surface area contributed by atoms with Crippen molar-refractivity contribution < 1.29 is 14.3 Å². The number of rotatable bonds is 7. The maximum Gasteiger partial charge on any atom is 0.278 e. The molecule has 0 radical (unpaired) electrons. The van der Waals surface area contributed by atoms with E-state index in [1.165, 1.54) is 4.90 Å². The minimum absolute atomic E-state index is 0.0713. The normalized spacial score (nSPS) is 13.8. The Morgan fingerprint density at radius 1 is 0.903 bits per heavy atom. The number of carbonyl (C=O) groups is 2. The molecule has 0 bridgehead atoms. The molecule has 3 aromatic rings. The monoisotopic (exact) mass is 413 g/mol. The molecule has 156 valence electrons. The van der Waals surface area contributed by atoms with Crippen LogP contribution < -0.4 is 10.1 Å². The molecule has 0 unspecified atom stereocenters. The number of imide groups is 1. The first-order valence-electron chi connectivity index (χ1n) is 10.1. The number of nitrogens with one attached hydrogen (secondary N) is 1. The van der Waals surface area contributed by atoms with Crippen LogP contribution in [0.2, 0.25) is 0 Å². The van der Waals surface area contributed by atoms with Crippen LogP contribution in [0.4, 0.5) is 5.69 Å². The second-order valence-corrected chi connectivity index (χ2v) is 7.48. The number of aromatic nitrogens is 1. The van der Waals surface area contributed by atoms with E-state index in [0.717, 1.165) is 11.3 Å². The second-order valence-electron chi connectivity index (χ2n) is 7.48. The van der Waals surface area contributed by atoms with E-state index in [9.17, 15) is 9.59 Å². The quantitative estimate of drug-likeness (QED) is 0.586. The Morgan fingerprint density at radius 3 is 2.23 bits per heavy atom. The zero-order chi connectivity index (χ0) is 21.8. The lowest BCUT2D eigenvalue weighted by molar-refractivity contribution is -0.137.